The molecule has 26 heavy (non-hydrogen) atoms. The monoisotopic (exact) mass is 348 g/mol. The van der Waals surface area contributed by atoms with Crippen molar-refractivity contribution in [3.63, 3.8) is 0 Å². The number of ketones is 1. The van der Waals surface area contributed by atoms with Crippen molar-refractivity contribution in [2.24, 2.45) is 0 Å². The fourth-order valence-electron chi connectivity index (χ4n) is 2.05. The zero-order valence-corrected chi connectivity index (χ0v) is 13.9. The Labute approximate surface area is 150 Å². The number of carbonyl (C=O) groups excluding carboxylic acids is 3. The maximum Gasteiger partial charge on any atom is 0.267 e. The Hall–Kier alpha value is -3.92. The third-order valence-electron chi connectivity index (χ3n) is 3.47. The van der Waals surface area contributed by atoms with Crippen LogP contribution in [-0.2, 0) is 4.79 Å². The van der Waals surface area contributed by atoms with Crippen molar-refractivity contribution >= 4 is 29.0 Å². The summed E-state index contributed by atoms with van der Waals surface area (Å²) >= 11 is 0. The highest BCUT2D eigenvalue weighted by Crippen LogP contribution is 2.12. The van der Waals surface area contributed by atoms with Gasteiger partial charge in [0.1, 0.15) is 11.6 Å². The van der Waals surface area contributed by atoms with Crippen molar-refractivity contribution in [1.82, 2.24) is 5.32 Å². The first-order valence-electron chi connectivity index (χ1n) is 7.60. The molecule has 0 unspecified atom stereocenters. The second-order valence-corrected chi connectivity index (χ2v) is 5.32. The molecule has 2 rings (SSSR count). The molecule has 0 saturated heterocycles. The molecule has 0 bridgehead atoms. The van der Waals surface area contributed by atoms with E-state index in [0.29, 0.717) is 11.3 Å². The Morgan fingerprint density at radius 3 is 2.31 bits per heavy atom. The number of Topliss-reactive ketones (excluding diaryl/α,β-unsaturated/α-hetero) is 1. The highest BCUT2D eigenvalue weighted by Gasteiger charge is 2.12. The van der Waals surface area contributed by atoms with Gasteiger partial charge in [-0.2, -0.15) is 5.26 Å². The normalized spacial score (nSPS) is 10.5. The fourth-order valence-corrected chi connectivity index (χ4v) is 2.05. The van der Waals surface area contributed by atoms with Gasteiger partial charge >= 0.3 is 0 Å². The molecule has 0 heterocycles. The van der Waals surface area contributed by atoms with Crippen LogP contribution in [0.3, 0.4) is 0 Å². The molecular formula is C19H16N4O3. The van der Waals surface area contributed by atoms with Crippen LogP contribution in [0.5, 0.6) is 0 Å². The van der Waals surface area contributed by atoms with E-state index < -0.39 is 11.8 Å². The van der Waals surface area contributed by atoms with Gasteiger partial charge in [0.15, 0.2) is 5.78 Å². The maximum atomic E-state index is 12.1. The van der Waals surface area contributed by atoms with Crippen molar-refractivity contribution in [3.8, 4) is 6.07 Å². The molecule has 2 aromatic rings. The minimum atomic E-state index is -0.690. The lowest BCUT2D eigenvalue weighted by atomic mass is 10.1. The number of amides is 2. The fraction of sp³-hybridized carbons (Fsp3) is 0.0526. The number of rotatable bonds is 5. The topological polar surface area (TPSA) is 125 Å². The second kappa shape index (κ2) is 8.26. The van der Waals surface area contributed by atoms with E-state index in [4.69, 9.17) is 11.0 Å². The summed E-state index contributed by atoms with van der Waals surface area (Å²) < 4.78 is 0. The molecule has 130 valence electrons. The summed E-state index contributed by atoms with van der Waals surface area (Å²) in [6.45, 7) is 1.44. The van der Waals surface area contributed by atoms with Crippen LogP contribution in [0.25, 0.3) is 0 Å². The van der Waals surface area contributed by atoms with Gasteiger partial charge in [0.25, 0.3) is 11.8 Å². The summed E-state index contributed by atoms with van der Waals surface area (Å²) in [5, 5.41) is 14.0. The lowest BCUT2D eigenvalue weighted by Crippen LogP contribution is -2.22. The number of anilines is 2. The number of benzene rings is 2. The molecule has 7 heteroatoms. The Balaban J connectivity index is 2.07. The number of nitrogens with zero attached hydrogens (tertiary/aromatic N) is 1. The molecule has 0 saturated carbocycles. The van der Waals surface area contributed by atoms with Crippen LogP contribution < -0.4 is 16.4 Å². The van der Waals surface area contributed by atoms with Gasteiger partial charge in [-0.1, -0.05) is 12.1 Å². The first-order valence-corrected chi connectivity index (χ1v) is 7.60. The van der Waals surface area contributed by atoms with E-state index in [0.717, 1.165) is 6.20 Å². The Morgan fingerprint density at radius 2 is 1.73 bits per heavy atom. The van der Waals surface area contributed by atoms with E-state index in [2.05, 4.69) is 10.6 Å². The third-order valence-corrected chi connectivity index (χ3v) is 3.47. The number of carbonyl (C=O) groups is 3. The summed E-state index contributed by atoms with van der Waals surface area (Å²) in [6, 6.07) is 14.4. The van der Waals surface area contributed by atoms with E-state index in [1.807, 2.05) is 0 Å². The van der Waals surface area contributed by atoms with Gasteiger partial charge in [0, 0.05) is 23.1 Å². The molecule has 0 atom stereocenters. The van der Waals surface area contributed by atoms with E-state index in [1.165, 1.54) is 13.0 Å². The first-order chi connectivity index (χ1) is 12.4. The molecule has 2 aromatic carbocycles. The van der Waals surface area contributed by atoms with Gasteiger partial charge in [0.05, 0.1) is 5.56 Å². The zero-order valence-electron chi connectivity index (χ0n) is 13.9. The van der Waals surface area contributed by atoms with Crippen molar-refractivity contribution in [1.29, 1.82) is 5.26 Å². The second-order valence-electron chi connectivity index (χ2n) is 5.32. The van der Waals surface area contributed by atoms with Crippen LogP contribution in [0.1, 0.15) is 27.6 Å². The Morgan fingerprint density at radius 1 is 1.08 bits per heavy atom. The molecule has 0 fully saturated rings. The van der Waals surface area contributed by atoms with Crippen molar-refractivity contribution in [2.45, 2.75) is 6.92 Å². The molecular weight excluding hydrogens is 332 g/mol. The predicted molar refractivity (Wildman–Crippen MR) is 97.1 cm³/mol. The number of hydrogen-bond donors (Lipinski definition) is 3. The summed E-state index contributed by atoms with van der Waals surface area (Å²) in [4.78, 5) is 35.4. The molecule has 0 aliphatic rings. The smallest absolute Gasteiger partial charge is 0.267 e. The summed E-state index contributed by atoms with van der Waals surface area (Å²) in [5.41, 5.74) is 6.86. The molecule has 0 aromatic heterocycles. The standard InChI is InChI=1S/C19H16N4O3/c1-12(24)13-6-8-15(9-7-13)23-18(25)14(10-20)11-22-19(26)16-4-2-3-5-17(16)21/h2-9,11H,21H2,1H3,(H,22,26)(H,23,25)/b14-11-. The van der Waals surface area contributed by atoms with Crippen molar-refractivity contribution in [2.75, 3.05) is 11.1 Å². The average molecular weight is 348 g/mol. The molecule has 7 nitrogen and oxygen atoms in total. The van der Waals surface area contributed by atoms with Gasteiger partial charge < -0.3 is 16.4 Å². The van der Waals surface area contributed by atoms with Gasteiger partial charge in [-0.25, -0.2) is 0 Å². The maximum absolute atomic E-state index is 12.1. The van der Waals surface area contributed by atoms with Gasteiger partial charge in [0.2, 0.25) is 0 Å². The van der Waals surface area contributed by atoms with E-state index >= 15 is 0 Å². The number of nitrogens with two attached hydrogens (primary N) is 1. The lowest BCUT2D eigenvalue weighted by Gasteiger charge is -2.06. The van der Waals surface area contributed by atoms with Crippen LogP contribution in [0.15, 0.2) is 60.3 Å². The lowest BCUT2D eigenvalue weighted by molar-refractivity contribution is -0.112. The summed E-state index contributed by atoms with van der Waals surface area (Å²) in [5.74, 6) is -1.32. The van der Waals surface area contributed by atoms with E-state index in [1.54, 1.807) is 48.5 Å². The quantitative estimate of drug-likeness (QED) is 0.331. The van der Waals surface area contributed by atoms with Crippen LogP contribution in [0.2, 0.25) is 0 Å². The summed E-state index contributed by atoms with van der Waals surface area (Å²) in [6.07, 6.45) is 1.02. The third kappa shape index (κ3) is 4.55. The zero-order chi connectivity index (χ0) is 19.1. The minimum absolute atomic E-state index is 0.0941. The van der Waals surface area contributed by atoms with Crippen molar-refractivity contribution in [3.05, 3.63) is 71.4 Å². The van der Waals surface area contributed by atoms with Crippen LogP contribution in [0.4, 0.5) is 11.4 Å². The molecule has 4 N–H and O–H groups in total. The minimum Gasteiger partial charge on any atom is -0.398 e. The van der Waals surface area contributed by atoms with Gasteiger partial charge in [-0.05, 0) is 43.3 Å². The molecule has 0 spiro atoms. The van der Waals surface area contributed by atoms with Crippen LogP contribution in [0, 0.1) is 11.3 Å². The van der Waals surface area contributed by atoms with Gasteiger partial charge in [-0.3, -0.25) is 14.4 Å². The van der Waals surface area contributed by atoms with E-state index in [-0.39, 0.29) is 22.6 Å². The largest absolute Gasteiger partial charge is 0.398 e. The Bertz CT molecular complexity index is 925. The highest BCUT2D eigenvalue weighted by atomic mass is 16.2. The van der Waals surface area contributed by atoms with Gasteiger partial charge in [-0.15, -0.1) is 0 Å². The van der Waals surface area contributed by atoms with Crippen LogP contribution >= 0.6 is 0 Å². The highest BCUT2D eigenvalue weighted by molar-refractivity contribution is 6.07. The molecule has 0 aliphatic heterocycles. The van der Waals surface area contributed by atoms with Crippen LogP contribution in [-0.4, -0.2) is 17.6 Å². The number of nitriles is 1. The number of nitrogens with one attached hydrogen (secondary N) is 2. The number of nitrogen functional groups attached to an aromatic ring is 1. The predicted octanol–water partition coefficient (Wildman–Crippen LogP) is 2.25. The number of para-hydroxylation sites is 1. The van der Waals surface area contributed by atoms with Crippen molar-refractivity contribution < 1.29 is 14.4 Å². The summed E-state index contributed by atoms with van der Waals surface area (Å²) in [7, 11) is 0. The molecule has 0 aliphatic carbocycles. The average Bonchev–Trinajstić information content (AvgIpc) is 2.62. The Kier molecular flexibility index (Phi) is 5.85. The number of hydrogen-bond acceptors (Lipinski definition) is 5. The SMILES string of the molecule is CC(=O)c1ccc(NC(=O)/C(C#N)=C\NC(=O)c2ccccc2N)cc1. The molecule has 0 radical (unpaired) electrons. The van der Waals surface area contributed by atoms with E-state index in [9.17, 15) is 14.4 Å². The molecule has 2 amide bonds. The first kappa shape index (κ1) is 18.4.